The average Bonchev–Trinajstić information content (AvgIpc) is 3.01. The molecule has 0 bridgehead atoms. The first-order valence-electron chi connectivity index (χ1n) is 7.58. The molecule has 0 amide bonds. The second-order valence-corrected chi connectivity index (χ2v) is 5.60. The Balaban J connectivity index is 2.19. The largest absolute Gasteiger partial charge is 0.417 e. The maximum atomic E-state index is 13.5. The number of aromatic nitrogens is 4. The quantitative estimate of drug-likeness (QED) is 0.388. The minimum Gasteiger partial charge on any atom is -0.258 e. The van der Waals surface area contributed by atoms with Gasteiger partial charge in [-0.05, 0) is 6.07 Å². The van der Waals surface area contributed by atoms with E-state index in [1.54, 1.807) is 0 Å². The van der Waals surface area contributed by atoms with Crippen molar-refractivity contribution in [2.24, 2.45) is 0 Å². The molecule has 0 fully saturated rings. The summed E-state index contributed by atoms with van der Waals surface area (Å²) in [6.45, 7) is 0. The summed E-state index contributed by atoms with van der Waals surface area (Å²) in [5, 5.41) is 19.2. The summed E-state index contributed by atoms with van der Waals surface area (Å²) in [5.74, 6) is 0. The molecule has 0 spiro atoms. The molecule has 0 aliphatic carbocycles. The van der Waals surface area contributed by atoms with Gasteiger partial charge in [0.25, 0.3) is 5.69 Å². The van der Waals surface area contributed by atoms with E-state index in [0.29, 0.717) is 0 Å². The number of fused-ring (bicyclic) bond motifs is 3. The maximum Gasteiger partial charge on any atom is 0.417 e. The van der Waals surface area contributed by atoms with Gasteiger partial charge in [0.15, 0.2) is 5.52 Å². The third-order valence-corrected chi connectivity index (χ3v) is 4.05. The fourth-order valence-electron chi connectivity index (χ4n) is 2.94. The highest BCUT2D eigenvalue weighted by Gasteiger charge is 2.34. The Morgan fingerprint density at radius 3 is 2.48 bits per heavy atom. The molecule has 134 valence electrons. The molecular formula is C17H8F3N5O2. The molecule has 0 unspecified atom stereocenters. The number of alkyl halides is 3. The van der Waals surface area contributed by atoms with Crippen LogP contribution in [0.4, 0.5) is 18.9 Å². The fraction of sp³-hybridized carbons (Fsp3) is 0.0588. The van der Waals surface area contributed by atoms with E-state index in [0.717, 1.165) is 12.1 Å². The zero-order chi connectivity index (χ0) is 19.2. The van der Waals surface area contributed by atoms with Crippen LogP contribution in [0.25, 0.3) is 33.1 Å². The summed E-state index contributed by atoms with van der Waals surface area (Å²) < 4.78 is 40.4. The molecule has 0 N–H and O–H groups in total. The van der Waals surface area contributed by atoms with Gasteiger partial charge in [-0.15, -0.1) is 5.10 Å². The molecule has 7 nitrogen and oxygen atoms in total. The lowest BCUT2D eigenvalue weighted by Gasteiger charge is -2.12. The number of benzene rings is 2. The van der Waals surface area contributed by atoms with Crippen LogP contribution in [0.3, 0.4) is 0 Å². The monoisotopic (exact) mass is 371 g/mol. The van der Waals surface area contributed by atoms with Crippen LogP contribution < -0.4 is 0 Å². The van der Waals surface area contributed by atoms with E-state index in [2.05, 4.69) is 20.2 Å². The smallest absolute Gasteiger partial charge is 0.258 e. The first-order valence-corrected chi connectivity index (χ1v) is 7.58. The van der Waals surface area contributed by atoms with E-state index < -0.39 is 16.7 Å². The van der Waals surface area contributed by atoms with Crippen molar-refractivity contribution in [2.75, 3.05) is 0 Å². The zero-order valence-electron chi connectivity index (χ0n) is 13.3. The Labute approximate surface area is 148 Å². The molecular weight excluding hydrogens is 363 g/mol. The number of hydrogen-bond acceptors (Lipinski definition) is 6. The first kappa shape index (κ1) is 16.8. The maximum absolute atomic E-state index is 13.5. The molecule has 0 saturated heterocycles. The van der Waals surface area contributed by atoms with Gasteiger partial charge in [-0.25, -0.2) is 0 Å². The van der Waals surface area contributed by atoms with Crippen molar-refractivity contribution >= 4 is 27.5 Å². The van der Waals surface area contributed by atoms with Gasteiger partial charge in [0, 0.05) is 29.4 Å². The van der Waals surface area contributed by atoms with E-state index in [1.165, 1.54) is 36.8 Å². The molecule has 10 heteroatoms. The number of nitro benzene ring substituents is 1. The van der Waals surface area contributed by atoms with E-state index in [-0.39, 0.29) is 38.8 Å². The van der Waals surface area contributed by atoms with Crippen LogP contribution in [0.1, 0.15) is 5.56 Å². The van der Waals surface area contributed by atoms with Crippen molar-refractivity contribution in [3.8, 4) is 11.3 Å². The standard InChI is InChI=1S/C17H8F3N5O2/c18-17(19,20)12-4-2-1-3-9(12)14-10-7-13(25(26)27)16-11(8-23-24-16)15(10)22-6-5-21-14/h1-8H. The lowest BCUT2D eigenvalue weighted by atomic mass is 9.99. The molecule has 0 aliphatic rings. The summed E-state index contributed by atoms with van der Waals surface area (Å²) >= 11 is 0. The van der Waals surface area contributed by atoms with E-state index in [1.807, 2.05) is 0 Å². The van der Waals surface area contributed by atoms with Crippen molar-refractivity contribution in [3.05, 3.63) is 64.6 Å². The Hall–Kier alpha value is -3.69. The molecule has 4 aromatic rings. The predicted octanol–water partition coefficient (Wildman–Crippen LogP) is 4.17. The van der Waals surface area contributed by atoms with Crippen LogP contribution in [0, 0.1) is 10.1 Å². The van der Waals surface area contributed by atoms with E-state index in [4.69, 9.17) is 0 Å². The van der Waals surface area contributed by atoms with Crippen molar-refractivity contribution in [1.82, 2.24) is 20.2 Å². The SMILES string of the molecule is O=[N+]([O-])c1cc2c(-c3ccccc3C(F)(F)F)nccnc2c2cnnc12. The Morgan fingerprint density at radius 2 is 1.74 bits per heavy atom. The van der Waals surface area contributed by atoms with Gasteiger partial charge in [0.05, 0.1) is 33.3 Å². The number of non-ortho nitro benzene ring substituents is 1. The topological polar surface area (TPSA) is 94.7 Å². The van der Waals surface area contributed by atoms with Gasteiger partial charge in [0.1, 0.15) is 0 Å². The Bertz CT molecular complexity index is 1210. The molecule has 2 aromatic heterocycles. The minimum absolute atomic E-state index is 0.0151. The molecule has 4 rings (SSSR count). The van der Waals surface area contributed by atoms with Crippen LogP contribution in [0.5, 0.6) is 0 Å². The molecule has 2 aromatic carbocycles. The number of rotatable bonds is 2. The number of nitro groups is 1. The van der Waals surface area contributed by atoms with Gasteiger partial charge < -0.3 is 0 Å². The second kappa shape index (κ2) is 5.94. The average molecular weight is 371 g/mol. The molecule has 0 aliphatic heterocycles. The molecule has 0 saturated carbocycles. The number of halogens is 3. The zero-order valence-corrected chi connectivity index (χ0v) is 13.3. The van der Waals surface area contributed by atoms with Gasteiger partial charge in [-0.1, -0.05) is 18.2 Å². The van der Waals surface area contributed by atoms with Crippen molar-refractivity contribution < 1.29 is 18.1 Å². The van der Waals surface area contributed by atoms with Gasteiger partial charge in [-0.2, -0.15) is 18.3 Å². The fourth-order valence-corrected chi connectivity index (χ4v) is 2.94. The second-order valence-electron chi connectivity index (χ2n) is 5.60. The lowest BCUT2D eigenvalue weighted by Crippen LogP contribution is -2.07. The summed E-state index contributed by atoms with van der Waals surface area (Å²) in [7, 11) is 0. The van der Waals surface area contributed by atoms with E-state index >= 15 is 0 Å². The summed E-state index contributed by atoms with van der Waals surface area (Å²) in [4.78, 5) is 19.0. The predicted molar refractivity (Wildman–Crippen MR) is 89.7 cm³/mol. The Morgan fingerprint density at radius 1 is 1.00 bits per heavy atom. The van der Waals surface area contributed by atoms with Crippen LogP contribution >= 0.6 is 0 Å². The third-order valence-electron chi connectivity index (χ3n) is 4.05. The minimum atomic E-state index is -4.62. The van der Waals surface area contributed by atoms with Crippen molar-refractivity contribution in [1.29, 1.82) is 0 Å². The third kappa shape index (κ3) is 2.71. The highest BCUT2D eigenvalue weighted by atomic mass is 19.4. The van der Waals surface area contributed by atoms with Crippen molar-refractivity contribution in [2.45, 2.75) is 6.18 Å². The van der Waals surface area contributed by atoms with Crippen LogP contribution in [-0.2, 0) is 6.18 Å². The van der Waals surface area contributed by atoms with Crippen LogP contribution in [-0.4, -0.2) is 25.1 Å². The normalized spacial score (nSPS) is 11.8. The molecule has 2 heterocycles. The highest BCUT2D eigenvalue weighted by molar-refractivity contribution is 6.11. The Kier molecular flexibility index (Phi) is 3.69. The number of nitrogens with zero attached hydrogens (tertiary/aromatic N) is 5. The summed E-state index contributed by atoms with van der Waals surface area (Å²) in [6.07, 6.45) is -0.784. The van der Waals surface area contributed by atoms with Gasteiger partial charge in [-0.3, -0.25) is 20.1 Å². The highest BCUT2D eigenvalue weighted by Crippen LogP contribution is 2.40. The van der Waals surface area contributed by atoms with Crippen LogP contribution in [0.2, 0.25) is 0 Å². The van der Waals surface area contributed by atoms with Gasteiger partial charge >= 0.3 is 6.18 Å². The van der Waals surface area contributed by atoms with Gasteiger partial charge in [0.2, 0.25) is 0 Å². The molecule has 0 radical (unpaired) electrons. The first-order chi connectivity index (χ1) is 12.9. The molecule has 0 atom stereocenters. The van der Waals surface area contributed by atoms with E-state index in [9.17, 15) is 23.3 Å². The van der Waals surface area contributed by atoms with Crippen molar-refractivity contribution in [3.63, 3.8) is 0 Å². The number of hydrogen-bond donors (Lipinski definition) is 0. The summed E-state index contributed by atoms with van der Waals surface area (Å²) in [5.41, 5.74) is -1.30. The lowest BCUT2D eigenvalue weighted by molar-refractivity contribution is -0.383. The molecule has 27 heavy (non-hydrogen) atoms. The van der Waals surface area contributed by atoms with Crippen LogP contribution in [0.15, 0.2) is 48.9 Å². The summed E-state index contributed by atoms with van der Waals surface area (Å²) in [6, 6.07) is 6.04.